The van der Waals surface area contributed by atoms with E-state index in [1.807, 2.05) is 0 Å². The monoisotopic (exact) mass is 308 g/mol. The number of halogens is 3. The van der Waals surface area contributed by atoms with Crippen molar-refractivity contribution >= 4 is 15.5 Å². The largest absolute Gasteiger partial charge is 0.501 e. The zero-order valence-electron chi connectivity index (χ0n) is 10.6. The molecule has 0 atom stereocenters. The summed E-state index contributed by atoms with van der Waals surface area (Å²) in [7, 11) is -5.33. The second kappa shape index (κ2) is 5.61. The van der Waals surface area contributed by atoms with Gasteiger partial charge in [0.05, 0.1) is 10.6 Å². The number of rotatable bonds is 6. The van der Waals surface area contributed by atoms with E-state index in [4.69, 9.17) is 0 Å². The van der Waals surface area contributed by atoms with Crippen LogP contribution in [0.3, 0.4) is 0 Å². The first kappa shape index (κ1) is 15.1. The van der Waals surface area contributed by atoms with E-state index in [1.54, 1.807) is 0 Å². The van der Waals surface area contributed by atoms with Crippen LogP contribution in [-0.4, -0.2) is 33.1 Å². The van der Waals surface area contributed by atoms with Crippen LogP contribution >= 0.6 is 0 Å². The molecule has 0 radical (unpaired) electrons. The zero-order chi connectivity index (χ0) is 14.8. The Kier molecular flexibility index (Phi) is 4.24. The van der Waals surface area contributed by atoms with E-state index in [-0.39, 0.29) is 5.69 Å². The molecule has 0 aliphatic heterocycles. The molecule has 0 heterocycles. The van der Waals surface area contributed by atoms with E-state index in [1.165, 1.54) is 18.2 Å². The number of anilines is 1. The molecule has 2 rings (SSSR count). The summed E-state index contributed by atoms with van der Waals surface area (Å²) in [5.74, 6) is 0. The molecule has 1 aliphatic carbocycles. The van der Waals surface area contributed by atoms with Crippen LogP contribution in [-0.2, 0) is 9.84 Å². The summed E-state index contributed by atoms with van der Waals surface area (Å²) in [4.78, 5) is -0.737. The molecule has 0 unspecified atom stereocenters. The molecule has 1 fully saturated rings. The van der Waals surface area contributed by atoms with Gasteiger partial charge >= 0.3 is 5.51 Å². The maximum Gasteiger partial charge on any atom is 0.501 e. The first-order chi connectivity index (χ1) is 9.32. The average molecular weight is 308 g/mol. The number of nitrogens with one attached hydrogen (secondary N) is 2. The number of sulfone groups is 1. The van der Waals surface area contributed by atoms with Crippen molar-refractivity contribution in [3.63, 3.8) is 0 Å². The lowest BCUT2D eigenvalue weighted by molar-refractivity contribution is -0.0435. The Hall–Kier alpha value is -1.28. The van der Waals surface area contributed by atoms with Crippen LogP contribution in [0.5, 0.6) is 0 Å². The van der Waals surface area contributed by atoms with Crippen molar-refractivity contribution in [1.29, 1.82) is 0 Å². The molecule has 1 aliphatic rings. The summed E-state index contributed by atoms with van der Waals surface area (Å²) in [6.45, 7) is 0.936. The number of hydrogen-bond acceptors (Lipinski definition) is 4. The van der Waals surface area contributed by atoms with Crippen molar-refractivity contribution in [3.8, 4) is 0 Å². The predicted octanol–water partition coefficient (Wildman–Crippen LogP) is 2.14. The SMILES string of the molecule is O=S(=O)(c1ccccc1NCCNC1CC1)C(F)(F)F. The highest BCUT2D eigenvalue weighted by Gasteiger charge is 2.47. The van der Waals surface area contributed by atoms with Crippen LogP contribution in [0, 0.1) is 0 Å². The number of hydrogen-bond donors (Lipinski definition) is 2. The first-order valence-corrected chi connectivity index (χ1v) is 7.68. The third-order valence-corrected chi connectivity index (χ3v) is 4.48. The summed E-state index contributed by atoms with van der Waals surface area (Å²) >= 11 is 0. The van der Waals surface area contributed by atoms with Gasteiger partial charge in [-0.25, -0.2) is 8.42 Å². The summed E-state index contributed by atoms with van der Waals surface area (Å²) in [6.07, 6.45) is 2.22. The topological polar surface area (TPSA) is 58.2 Å². The predicted molar refractivity (Wildman–Crippen MR) is 69.2 cm³/mol. The van der Waals surface area contributed by atoms with Gasteiger partial charge in [-0.1, -0.05) is 12.1 Å². The molecule has 8 heteroatoms. The number of alkyl halides is 3. The quantitative estimate of drug-likeness (QED) is 0.791. The van der Waals surface area contributed by atoms with Crippen LogP contribution in [0.1, 0.15) is 12.8 Å². The van der Waals surface area contributed by atoms with E-state index in [0.29, 0.717) is 19.1 Å². The third-order valence-electron chi connectivity index (χ3n) is 2.93. The summed E-state index contributed by atoms with van der Waals surface area (Å²) in [5, 5.41) is 5.91. The molecule has 0 amide bonds. The molecule has 0 bridgehead atoms. The fraction of sp³-hybridized carbons (Fsp3) is 0.500. The fourth-order valence-corrected chi connectivity index (χ4v) is 2.67. The molecule has 0 spiro atoms. The molecule has 1 aromatic rings. The number of benzene rings is 1. The Morgan fingerprint density at radius 1 is 1.15 bits per heavy atom. The van der Waals surface area contributed by atoms with Crippen molar-refractivity contribution < 1.29 is 21.6 Å². The summed E-state index contributed by atoms with van der Waals surface area (Å²) in [5.41, 5.74) is -5.32. The van der Waals surface area contributed by atoms with Gasteiger partial charge in [-0.2, -0.15) is 13.2 Å². The maximum atomic E-state index is 12.6. The average Bonchev–Trinajstić information content (AvgIpc) is 3.18. The molecule has 0 saturated heterocycles. The highest BCUT2D eigenvalue weighted by atomic mass is 32.2. The van der Waals surface area contributed by atoms with Crippen LogP contribution in [0.2, 0.25) is 0 Å². The fourth-order valence-electron chi connectivity index (χ4n) is 1.73. The van der Waals surface area contributed by atoms with Gasteiger partial charge in [-0.05, 0) is 25.0 Å². The Bertz CT molecular complexity index is 568. The highest BCUT2D eigenvalue weighted by molar-refractivity contribution is 7.92. The lowest BCUT2D eigenvalue weighted by Gasteiger charge is -2.14. The van der Waals surface area contributed by atoms with Gasteiger partial charge in [0.25, 0.3) is 9.84 Å². The van der Waals surface area contributed by atoms with Crippen LogP contribution in [0.4, 0.5) is 18.9 Å². The van der Waals surface area contributed by atoms with E-state index in [2.05, 4.69) is 10.6 Å². The van der Waals surface area contributed by atoms with Gasteiger partial charge in [0.2, 0.25) is 0 Å². The normalized spacial score (nSPS) is 16.1. The Morgan fingerprint density at radius 3 is 2.40 bits per heavy atom. The smallest absolute Gasteiger partial charge is 0.383 e. The van der Waals surface area contributed by atoms with E-state index in [9.17, 15) is 21.6 Å². The van der Waals surface area contributed by atoms with Crippen molar-refractivity contribution in [2.24, 2.45) is 0 Å². The summed E-state index contributed by atoms with van der Waals surface area (Å²) in [6, 6.07) is 5.54. The lowest BCUT2D eigenvalue weighted by Crippen LogP contribution is -2.26. The minimum atomic E-state index is -5.33. The van der Waals surface area contributed by atoms with Crippen molar-refractivity contribution in [2.45, 2.75) is 29.3 Å². The molecule has 112 valence electrons. The molecule has 1 aromatic carbocycles. The highest BCUT2D eigenvalue weighted by Crippen LogP contribution is 2.34. The Balaban J connectivity index is 2.09. The van der Waals surface area contributed by atoms with Crippen molar-refractivity contribution in [2.75, 3.05) is 18.4 Å². The van der Waals surface area contributed by atoms with E-state index >= 15 is 0 Å². The van der Waals surface area contributed by atoms with Crippen LogP contribution in [0.15, 0.2) is 29.2 Å². The van der Waals surface area contributed by atoms with Crippen LogP contribution in [0.25, 0.3) is 0 Å². The van der Waals surface area contributed by atoms with Gasteiger partial charge in [0.15, 0.2) is 0 Å². The lowest BCUT2D eigenvalue weighted by atomic mass is 10.3. The van der Waals surface area contributed by atoms with Gasteiger partial charge in [0.1, 0.15) is 0 Å². The standard InChI is InChI=1S/C12H15F3N2O2S/c13-12(14,15)20(18,19)11-4-2-1-3-10(11)17-8-7-16-9-5-6-9/h1-4,9,16-17H,5-8H2. The Labute approximate surface area is 115 Å². The molecular formula is C12H15F3N2O2S. The molecule has 2 N–H and O–H groups in total. The number of para-hydroxylation sites is 1. The minimum absolute atomic E-state index is 0.0255. The van der Waals surface area contributed by atoms with Crippen molar-refractivity contribution in [1.82, 2.24) is 5.32 Å². The van der Waals surface area contributed by atoms with E-state index < -0.39 is 20.2 Å². The zero-order valence-corrected chi connectivity index (χ0v) is 11.4. The molecule has 0 aromatic heterocycles. The molecular weight excluding hydrogens is 293 g/mol. The molecule has 1 saturated carbocycles. The van der Waals surface area contributed by atoms with Gasteiger partial charge in [-0.15, -0.1) is 0 Å². The second-order valence-electron chi connectivity index (χ2n) is 4.60. The van der Waals surface area contributed by atoms with Gasteiger partial charge in [0, 0.05) is 19.1 Å². The van der Waals surface area contributed by atoms with E-state index in [0.717, 1.165) is 18.9 Å². The van der Waals surface area contributed by atoms with Crippen molar-refractivity contribution in [3.05, 3.63) is 24.3 Å². The van der Waals surface area contributed by atoms with Gasteiger partial charge in [-0.3, -0.25) is 0 Å². The molecule has 20 heavy (non-hydrogen) atoms. The Morgan fingerprint density at radius 2 is 1.80 bits per heavy atom. The van der Waals surface area contributed by atoms with Gasteiger partial charge < -0.3 is 10.6 Å². The first-order valence-electron chi connectivity index (χ1n) is 6.20. The molecule has 4 nitrogen and oxygen atoms in total. The maximum absolute atomic E-state index is 12.6. The van der Waals surface area contributed by atoms with Crippen LogP contribution < -0.4 is 10.6 Å². The third kappa shape index (κ3) is 3.43. The second-order valence-corrected chi connectivity index (χ2v) is 6.51. The minimum Gasteiger partial charge on any atom is -0.383 e. The summed E-state index contributed by atoms with van der Waals surface area (Å²) < 4.78 is 60.6.